The van der Waals surface area contributed by atoms with Gasteiger partial charge in [-0.25, -0.2) is 4.79 Å². The van der Waals surface area contributed by atoms with Crippen molar-refractivity contribution >= 4 is 87.0 Å². The van der Waals surface area contributed by atoms with Crippen LogP contribution in [0.1, 0.15) is 55.5 Å². The quantitative estimate of drug-likeness (QED) is 0.0517. The van der Waals surface area contributed by atoms with E-state index in [1.807, 2.05) is 279 Å². The molecule has 11 heteroatoms. The summed E-state index contributed by atoms with van der Waals surface area (Å²) < 4.78 is 6.91. The zero-order valence-electron chi connectivity index (χ0n) is 46.5. The summed E-state index contributed by atoms with van der Waals surface area (Å²) in [6.07, 6.45) is 20.4. The Morgan fingerprint density at radius 2 is 0.706 bits per heavy atom. The van der Waals surface area contributed by atoms with Crippen LogP contribution >= 0.6 is 11.3 Å². The van der Waals surface area contributed by atoms with Gasteiger partial charge in [0.2, 0.25) is 0 Å². The number of para-hydroxylation sites is 1. The van der Waals surface area contributed by atoms with Gasteiger partial charge in [0, 0.05) is 58.8 Å². The molecule has 0 aliphatic carbocycles. The Hall–Kier alpha value is -9.29. The second kappa shape index (κ2) is 37.7. The maximum atomic E-state index is 12.7. The molecule has 0 radical (unpaired) electrons. The van der Waals surface area contributed by atoms with Crippen molar-refractivity contribution in [3.05, 3.63) is 345 Å². The normalized spacial score (nSPS) is 10.7. The third-order valence-corrected chi connectivity index (χ3v) is 13.1. The van der Waals surface area contributed by atoms with Crippen LogP contribution in [0.25, 0.3) is 52.4 Å². The van der Waals surface area contributed by atoms with E-state index in [0.717, 1.165) is 50.0 Å². The van der Waals surface area contributed by atoms with E-state index in [2.05, 4.69) is 5.32 Å². The molecule has 0 saturated heterocycles. The number of hydrogen-bond acceptors (Lipinski definition) is 8. The molecule has 0 unspecified atom stereocenters. The second-order valence-corrected chi connectivity index (χ2v) is 19.1. The molecule has 2 aromatic heterocycles. The number of pyridine rings is 1. The molecule has 2 heterocycles. The number of benzene rings is 8. The van der Waals surface area contributed by atoms with Crippen molar-refractivity contribution in [2.45, 2.75) is 13.5 Å². The van der Waals surface area contributed by atoms with Crippen LogP contribution in [0.2, 0.25) is 0 Å². The second-order valence-electron chi connectivity index (χ2n) is 18.1. The summed E-state index contributed by atoms with van der Waals surface area (Å²) in [6, 6.07) is 81.3. The van der Waals surface area contributed by atoms with Crippen LogP contribution < -0.4 is 10.9 Å². The van der Waals surface area contributed by atoms with Crippen LogP contribution in [-0.2, 0) is 66.5 Å². The third-order valence-electron chi connectivity index (χ3n) is 12.0. The molecule has 0 aliphatic rings. The average molecular weight is 1320 g/mol. The minimum absolute atomic E-state index is 0. The van der Waals surface area contributed by atoms with Crippen LogP contribution in [0.3, 0.4) is 0 Å². The number of anilines is 1. The van der Waals surface area contributed by atoms with E-state index in [4.69, 9.17) is 4.74 Å². The van der Waals surface area contributed by atoms with E-state index in [1.165, 1.54) is 17.4 Å². The number of rotatable bonds is 18. The number of fused-ring (bicyclic) bond motifs is 1. The van der Waals surface area contributed by atoms with Crippen molar-refractivity contribution in [2.75, 3.05) is 11.9 Å². The first-order valence-corrected chi connectivity index (χ1v) is 27.7. The van der Waals surface area contributed by atoms with Crippen molar-refractivity contribution < 1.29 is 64.8 Å². The Labute approximate surface area is 528 Å². The number of allylic oxidation sites excluding steroid dienone is 6. The first-order chi connectivity index (χ1) is 40.7. The zero-order valence-corrected chi connectivity index (χ0v) is 50.5. The predicted molar refractivity (Wildman–Crippen MR) is 345 cm³/mol. The topological polar surface area (TPSA) is 112 Å². The fourth-order valence-corrected chi connectivity index (χ4v) is 9.01. The fraction of sp³-hybridized carbons (Fsp3) is 0.0405. The Kier molecular flexibility index (Phi) is 29.5. The van der Waals surface area contributed by atoms with Gasteiger partial charge in [-0.05, 0) is 101 Å². The molecule has 8 nitrogen and oxygen atoms in total. The number of carbonyl (C=O) groups is 4. The van der Waals surface area contributed by atoms with Crippen LogP contribution in [0.5, 0.6) is 0 Å². The molecule has 0 fully saturated rings. The molecule has 10 rings (SSSR count). The molecule has 85 heavy (non-hydrogen) atoms. The number of ketones is 3. The first-order valence-electron chi connectivity index (χ1n) is 26.9. The molecular weight excluding hydrogens is 1260 g/mol. The van der Waals surface area contributed by atoms with Crippen LogP contribution in [0.4, 0.5) is 5.69 Å². The van der Waals surface area contributed by atoms with E-state index < -0.39 is 5.97 Å². The molecule has 0 amide bonds. The van der Waals surface area contributed by atoms with Gasteiger partial charge < -0.3 is 10.1 Å². The molecular formula is C74H62N2O6Pd2S. The van der Waals surface area contributed by atoms with E-state index in [-0.39, 0.29) is 70.4 Å². The summed E-state index contributed by atoms with van der Waals surface area (Å²) in [6.45, 7) is 2.63. The molecule has 0 aliphatic heterocycles. The SMILES string of the molecule is CCOC(=O)c1sc2c(ccc(=O)n2-c2ccccc2)c1NCc1ccccc1.O=C(C=Cc1ccccc1)C=Cc1ccccc1.O=C(C=Cc1ccccc1)C=Cc1ccccc1.O=C(C=Cc1ccccc1)C=Cc1ccccc1.[Pd].[Pd]. The summed E-state index contributed by atoms with van der Waals surface area (Å²) in [4.78, 5) is 61.3. The number of nitrogens with zero attached hydrogens (tertiary/aromatic N) is 1. The summed E-state index contributed by atoms with van der Waals surface area (Å²) >= 11 is 1.27. The Balaban J connectivity index is 0.000000211. The molecule has 0 atom stereocenters. The first kappa shape index (κ1) is 66.5. The summed E-state index contributed by atoms with van der Waals surface area (Å²) in [5.41, 5.74) is 8.56. The Morgan fingerprint density at radius 1 is 0.412 bits per heavy atom. The van der Waals surface area contributed by atoms with E-state index in [9.17, 15) is 24.0 Å². The molecule has 0 bridgehead atoms. The maximum absolute atomic E-state index is 12.7. The standard InChI is InChI=1S/C23H20N2O3S.3C17H14O.2Pd/c1-2-28-23(27)21-20(24-15-16-9-5-3-6-10-16)18-13-14-19(26)25(22(18)29-21)17-11-7-4-8-12-17;3*18-17(13-11-15-7-3-1-4-8-15)14-12-16-9-5-2-6-10-16;;/h3-14,24H,2,15H2,1H3;3*1-14H;;. The average Bonchev–Trinajstić information content (AvgIpc) is 1.92. The molecule has 1 N–H and O–H groups in total. The van der Waals surface area contributed by atoms with Crippen molar-refractivity contribution in [3.63, 3.8) is 0 Å². The maximum Gasteiger partial charge on any atom is 0.350 e. The number of hydrogen-bond donors (Lipinski definition) is 1. The van der Waals surface area contributed by atoms with Gasteiger partial charge in [0.05, 0.1) is 18.0 Å². The van der Waals surface area contributed by atoms with Gasteiger partial charge in [0.1, 0.15) is 9.71 Å². The number of ether oxygens (including phenoxy) is 1. The van der Waals surface area contributed by atoms with Gasteiger partial charge in [-0.1, -0.05) is 267 Å². The van der Waals surface area contributed by atoms with Gasteiger partial charge in [-0.15, -0.1) is 11.3 Å². The third kappa shape index (κ3) is 23.5. The minimum atomic E-state index is -0.392. The van der Waals surface area contributed by atoms with Gasteiger partial charge in [-0.2, -0.15) is 0 Å². The Morgan fingerprint density at radius 3 is 1.01 bits per heavy atom. The van der Waals surface area contributed by atoms with Crippen molar-refractivity contribution in [1.29, 1.82) is 0 Å². The summed E-state index contributed by atoms with van der Waals surface area (Å²) in [5, 5.41) is 4.20. The fourth-order valence-electron chi connectivity index (χ4n) is 7.83. The minimum Gasteiger partial charge on any atom is -0.462 e. The van der Waals surface area contributed by atoms with E-state index >= 15 is 0 Å². The molecule has 10 aromatic rings. The number of nitrogens with one attached hydrogen (secondary N) is 1. The zero-order chi connectivity index (χ0) is 58.1. The Bertz CT molecular complexity index is 3460. The van der Waals surface area contributed by atoms with Gasteiger partial charge in [-0.3, -0.25) is 23.7 Å². The molecule has 430 valence electrons. The molecule has 0 saturated carbocycles. The largest absolute Gasteiger partial charge is 0.462 e. The van der Waals surface area contributed by atoms with Crippen LogP contribution in [0.15, 0.2) is 296 Å². The van der Waals surface area contributed by atoms with Gasteiger partial charge in [0.25, 0.3) is 5.56 Å². The van der Waals surface area contributed by atoms with Crippen molar-refractivity contribution in [1.82, 2.24) is 4.57 Å². The monoisotopic (exact) mass is 1320 g/mol. The predicted octanol–water partition coefficient (Wildman–Crippen LogP) is 16.8. The smallest absolute Gasteiger partial charge is 0.350 e. The van der Waals surface area contributed by atoms with Crippen molar-refractivity contribution in [3.8, 4) is 5.69 Å². The van der Waals surface area contributed by atoms with Gasteiger partial charge >= 0.3 is 5.97 Å². The van der Waals surface area contributed by atoms with E-state index in [0.29, 0.717) is 21.9 Å². The van der Waals surface area contributed by atoms with Gasteiger partial charge in [0.15, 0.2) is 17.3 Å². The summed E-state index contributed by atoms with van der Waals surface area (Å²) in [5.74, 6) is -0.426. The number of carbonyl (C=O) groups excluding carboxylic acids is 4. The van der Waals surface area contributed by atoms with Crippen LogP contribution in [0, 0.1) is 0 Å². The number of thiophene rings is 1. The summed E-state index contributed by atoms with van der Waals surface area (Å²) in [7, 11) is 0. The molecule has 8 aromatic carbocycles. The molecule has 0 spiro atoms. The van der Waals surface area contributed by atoms with E-state index in [1.54, 1.807) is 54.0 Å². The van der Waals surface area contributed by atoms with Crippen LogP contribution in [-0.4, -0.2) is 34.5 Å². The van der Waals surface area contributed by atoms with Crippen molar-refractivity contribution in [2.24, 2.45) is 0 Å². The number of aromatic nitrogens is 1. The number of esters is 1.